The van der Waals surface area contributed by atoms with E-state index in [2.05, 4.69) is 16.3 Å². The molecule has 1 aromatic heterocycles. The van der Waals surface area contributed by atoms with Gasteiger partial charge in [0.1, 0.15) is 13.2 Å². The summed E-state index contributed by atoms with van der Waals surface area (Å²) in [4.78, 5) is 27.3. The van der Waals surface area contributed by atoms with Crippen molar-refractivity contribution in [2.24, 2.45) is 0 Å². The average Bonchev–Trinajstić information content (AvgIpc) is 3.56. The SMILES string of the molecule is CN(C[C@@H](CCN1CCC(N(CC#N)C(=O)OCc2ccc([N+](=O)[O-])cc2)CC1)c1ccsc1)S(=O)(=O)c1ccccc1.Cl. The lowest BCUT2D eigenvalue weighted by atomic mass is 9.97. The fourth-order valence-electron chi connectivity index (χ4n) is 5.21. The molecule has 1 aliphatic rings. The zero-order valence-corrected chi connectivity index (χ0v) is 26.8. The maximum absolute atomic E-state index is 13.1. The fourth-order valence-corrected chi connectivity index (χ4v) is 7.18. The number of sulfonamides is 1. The smallest absolute Gasteiger partial charge is 0.411 e. The Labute approximate surface area is 268 Å². The third kappa shape index (κ3) is 9.23. The number of piperidine rings is 1. The van der Waals surface area contributed by atoms with E-state index in [1.165, 1.54) is 33.5 Å². The Kier molecular flexibility index (Phi) is 13.1. The van der Waals surface area contributed by atoms with Crippen LogP contribution in [0.3, 0.4) is 0 Å². The first-order valence-electron chi connectivity index (χ1n) is 14.0. The van der Waals surface area contributed by atoms with Crippen LogP contribution < -0.4 is 0 Å². The highest BCUT2D eigenvalue weighted by molar-refractivity contribution is 7.89. The molecule has 236 valence electrons. The lowest BCUT2D eigenvalue weighted by Gasteiger charge is -2.37. The minimum Gasteiger partial charge on any atom is -0.445 e. The first kappa shape index (κ1) is 34.9. The number of benzene rings is 2. The average molecular weight is 662 g/mol. The second kappa shape index (κ2) is 16.5. The Balaban J connectivity index is 0.00000529. The molecule has 2 heterocycles. The number of nitro groups is 1. The summed E-state index contributed by atoms with van der Waals surface area (Å²) in [5, 5.41) is 24.3. The van der Waals surface area contributed by atoms with Gasteiger partial charge < -0.3 is 9.64 Å². The van der Waals surface area contributed by atoms with Crippen molar-refractivity contribution in [1.82, 2.24) is 14.1 Å². The van der Waals surface area contributed by atoms with Crippen LogP contribution in [-0.4, -0.2) is 79.4 Å². The van der Waals surface area contributed by atoms with E-state index in [1.807, 2.05) is 11.4 Å². The normalized spacial score (nSPS) is 14.8. The number of nitrogens with zero attached hydrogens (tertiary/aromatic N) is 5. The molecule has 1 saturated heterocycles. The molecule has 4 rings (SSSR count). The Morgan fingerprint density at radius 1 is 1.16 bits per heavy atom. The van der Waals surface area contributed by atoms with Crippen LogP contribution in [0.2, 0.25) is 0 Å². The summed E-state index contributed by atoms with van der Waals surface area (Å²) in [6, 6.07) is 18.2. The molecule has 11 nitrogen and oxygen atoms in total. The molecule has 44 heavy (non-hydrogen) atoms. The summed E-state index contributed by atoms with van der Waals surface area (Å²) in [7, 11) is -1.98. The number of nitriles is 1. The maximum atomic E-state index is 13.1. The van der Waals surface area contributed by atoms with Crippen LogP contribution in [-0.2, 0) is 21.4 Å². The maximum Gasteiger partial charge on any atom is 0.411 e. The van der Waals surface area contributed by atoms with Crippen molar-refractivity contribution in [3.63, 3.8) is 0 Å². The summed E-state index contributed by atoms with van der Waals surface area (Å²) in [5.41, 5.74) is 1.69. The second-order valence-electron chi connectivity index (χ2n) is 10.5. The van der Waals surface area contributed by atoms with Crippen molar-refractivity contribution < 1.29 is 22.9 Å². The largest absolute Gasteiger partial charge is 0.445 e. The lowest BCUT2D eigenvalue weighted by molar-refractivity contribution is -0.384. The summed E-state index contributed by atoms with van der Waals surface area (Å²) in [6.45, 7) is 2.46. The molecule has 0 saturated carbocycles. The molecule has 1 aliphatic heterocycles. The van der Waals surface area contributed by atoms with Gasteiger partial charge in [-0.2, -0.15) is 16.6 Å². The van der Waals surface area contributed by atoms with E-state index in [9.17, 15) is 28.6 Å². The van der Waals surface area contributed by atoms with Gasteiger partial charge in [-0.25, -0.2) is 17.5 Å². The minimum absolute atomic E-state index is 0. The van der Waals surface area contributed by atoms with Crippen molar-refractivity contribution >= 4 is 45.5 Å². The fraction of sp³-hybridized carbons (Fsp3) is 0.400. The van der Waals surface area contributed by atoms with E-state index in [-0.39, 0.29) is 48.1 Å². The second-order valence-corrected chi connectivity index (χ2v) is 13.3. The van der Waals surface area contributed by atoms with Gasteiger partial charge in [-0.1, -0.05) is 18.2 Å². The number of amides is 1. The van der Waals surface area contributed by atoms with Crippen LogP contribution in [0, 0.1) is 21.4 Å². The zero-order chi connectivity index (χ0) is 30.8. The number of hydrogen-bond donors (Lipinski definition) is 0. The van der Waals surface area contributed by atoms with Crippen LogP contribution >= 0.6 is 23.7 Å². The van der Waals surface area contributed by atoms with Gasteiger partial charge in [0.2, 0.25) is 10.0 Å². The summed E-state index contributed by atoms with van der Waals surface area (Å²) < 4.78 is 33.2. The number of nitro benzene ring substituents is 1. The minimum atomic E-state index is -3.61. The number of carbonyl (C=O) groups is 1. The number of thiophene rings is 1. The van der Waals surface area contributed by atoms with E-state index in [0.29, 0.717) is 24.9 Å². The highest BCUT2D eigenvalue weighted by atomic mass is 35.5. The third-order valence-corrected chi connectivity index (χ3v) is 10.3. The van der Waals surface area contributed by atoms with Crippen molar-refractivity contribution in [3.8, 4) is 6.07 Å². The number of rotatable bonds is 13. The molecule has 1 amide bonds. The van der Waals surface area contributed by atoms with Crippen molar-refractivity contribution in [2.75, 3.05) is 39.8 Å². The molecule has 0 radical (unpaired) electrons. The van der Waals surface area contributed by atoms with Gasteiger partial charge in [0.25, 0.3) is 5.69 Å². The molecule has 1 fully saturated rings. The Morgan fingerprint density at radius 3 is 2.43 bits per heavy atom. The molecule has 3 aromatic rings. The summed E-state index contributed by atoms with van der Waals surface area (Å²) in [6.07, 6.45) is 1.55. The topological polar surface area (TPSA) is 137 Å². The molecule has 0 aliphatic carbocycles. The van der Waals surface area contributed by atoms with Crippen molar-refractivity contribution in [3.05, 3.63) is 92.7 Å². The van der Waals surface area contributed by atoms with E-state index in [4.69, 9.17) is 4.74 Å². The van der Waals surface area contributed by atoms with E-state index in [1.54, 1.807) is 48.7 Å². The predicted molar refractivity (Wildman–Crippen MR) is 170 cm³/mol. The molecule has 0 spiro atoms. The van der Waals surface area contributed by atoms with Gasteiger partial charge >= 0.3 is 6.09 Å². The number of halogens is 1. The Bertz CT molecular complexity index is 1490. The van der Waals surface area contributed by atoms with Crippen LogP contribution in [0.4, 0.5) is 10.5 Å². The summed E-state index contributed by atoms with van der Waals surface area (Å²) in [5.74, 6) is 0.0250. The number of non-ortho nitro benzene ring substituents is 1. The number of likely N-dealkylation sites (tertiary alicyclic amines) is 1. The molecule has 0 bridgehead atoms. The zero-order valence-electron chi connectivity index (χ0n) is 24.4. The molecule has 1 atom stereocenters. The molecule has 2 aromatic carbocycles. The molecule has 14 heteroatoms. The standard InChI is InChI=1S/C30H35N5O6S2.ClH/c1-32(43(39,40)29-5-3-2-4-6-29)21-25(26-14-20-42-23-26)11-16-33-17-12-27(13-18-33)34(19-15-31)30(36)41-22-24-7-9-28(10-8-24)35(37)38;/h2-10,14,20,23,25,27H,11-13,16-19,21-22H2,1H3;1H/t25-;/m1./s1. The van der Waals surface area contributed by atoms with Gasteiger partial charge in [-0.15, -0.1) is 12.4 Å². The monoisotopic (exact) mass is 661 g/mol. The molecule has 0 N–H and O–H groups in total. The summed E-state index contributed by atoms with van der Waals surface area (Å²) >= 11 is 1.59. The van der Waals surface area contributed by atoms with E-state index >= 15 is 0 Å². The van der Waals surface area contributed by atoms with Crippen molar-refractivity contribution in [1.29, 1.82) is 5.26 Å². The Hall–Kier alpha value is -3.54. The number of ether oxygens (including phenoxy) is 1. The third-order valence-electron chi connectivity index (χ3n) is 7.72. The van der Waals surface area contributed by atoms with Gasteiger partial charge in [-0.3, -0.25) is 15.0 Å². The van der Waals surface area contributed by atoms with Gasteiger partial charge in [-0.05, 0) is 83.9 Å². The van der Waals surface area contributed by atoms with Gasteiger partial charge in [0.05, 0.1) is 15.9 Å². The van der Waals surface area contributed by atoms with Crippen LogP contribution in [0.1, 0.15) is 36.3 Å². The Morgan fingerprint density at radius 2 is 1.84 bits per heavy atom. The molecule has 0 unspecified atom stereocenters. The predicted octanol–water partition coefficient (Wildman–Crippen LogP) is 5.50. The van der Waals surface area contributed by atoms with Gasteiger partial charge in [0, 0.05) is 44.9 Å². The first-order valence-corrected chi connectivity index (χ1v) is 16.4. The van der Waals surface area contributed by atoms with Crippen molar-refractivity contribution in [2.45, 2.75) is 42.7 Å². The van der Waals surface area contributed by atoms with E-state index < -0.39 is 21.0 Å². The quantitative estimate of drug-likeness (QED) is 0.133. The first-order chi connectivity index (χ1) is 20.7. The number of carbonyl (C=O) groups excluding carboxylic acids is 1. The van der Waals surface area contributed by atoms with E-state index in [0.717, 1.165) is 31.6 Å². The number of hydrogen-bond acceptors (Lipinski definition) is 9. The lowest BCUT2D eigenvalue weighted by Crippen LogP contribution is -2.48. The highest BCUT2D eigenvalue weighted by Crippen LogP contribution is 2.27. The number of likely N-dealkylation sites (N-methyl/N-ethyl adjacent to an activating group) is 1. The van der Waals surface area contributed by atoms with Crippen LogP contribution in [0.15, 0.2) is 76.3 Å². The van der Waals surface area contributed by atoms with Crippen LogP contribution in [0.5, 0.6) is 0 Å². The van der Waals surface area contributed by atoms with Crippen LogP contribution in [0.25, 0.3) is 0 Å². The highest BCUT2D eigenvalue weighted by Gasteiger charge is 2.30. The molecular weight excluding hydrogens is 626 g/mol. The van der Waals surface area contributed by atoms with Gasteiger partial charge in [0.15, 0.2) is 0 Å². The molecular formula is C30H36ClN5O6S2.